The summed E-state index contributed by atoms with van der Waals surface area (Å²) in [7, 11) is 0. The summed E-state index contributed by atoms with van der Waals surface area (Å²) in [6.45, 7) is 11.8. The van der Waals surface area contributed by atoms with Gasteiger partial charge in [0.15, 0.2) is 0 Å². The first-order valence-electron chi connectivity index (χ1n) is 15.3. The highest BCUT2D eigenvalue weighted by Gasteiger charge is 2.75. The number of benzene rings is 1. The third-order valence-electron chi connectivity index (χ3n) is 9.02. The predicted octanol–water partition coefficient (Wildman–Crippen LogP) is 3.08. The zero-order valence-corrected chi connectivity index (χ0v) is 25.1. The number of para-hydroxylation sites is 1. The van der Waals surface area contributed by atoms with Gasteiger partial charge in [0.25, 0.3) is 0 Å². The van der Waals surface area contributed by atoms with Gasteiger partial charge in [-0.1, -0.05) is 43.3 Å². The van der Waals surface area contributed by atoms with Crippen molar-refractivity contribution in [3.63, 3.8) is 0 Å². The Morgan fingerprint density at radius 3 is 2.77 bits per heavy atom. The van der Waals surface area contributed by atoms with Gasteiger partial charge in [0.05, 0.1) is 42.7 Å². The fourth-order valence-electron chi connectivity index (χ4n) is 7.24. The summed E-state index contributed by atoms with van der Waals surface area (Å²) in [5.41, 5.74) is 0.270. The van der Waals surface area contributed by atoms with E-state index in [1.807, 2.05) is 44.2 Å². The molecule has 0 radical (unpaired) electrons. The maximum absolute atomic E-state index is 14.7. The highest BCUT2D eigenvalue weighted by Crippen LogP contribution is 2.59. The number of likely N-dealkylation sites (tertiary alicyclic amines) is 1. The number of unbranched alkanes of at least 4 members (excludes halogenated alkanes) is 2. The van der Waals surface area contributed by atoms with Crippen LogP contribution >= 0.6 is 0 Å². The number of rotatable bonds is 15. The maximum atomic E-state index is 14.7. The van der Waals surface area contributed by atoms with Gasteiger partial charge in [0, 0.05) is 6.54 Å². The third kappa shape index (κ3) is 5.60. The average Bonchev–Trinajstić information content (AvgIpc) is 3.74. The largest absolute Gasteiger partial charge is 0.465 e. The van der Waals surface area contributed by atoms with Crippen molar-refractivity contribution in [3.05, 3.63) is 49.6 Å². The zero-order valence-electron chi connectivity index (χ0n) is 25.1. The fourth-order valence-corrected chi connectivity index (χ4v) is 7.24. The number of carbonyl (C=O) groups is 3. The molecule has 0 aliphatic carbocycles. The summed E-state index contributed by atoms with van der Waals surface area (Å²) in [6.07, 6.45) is 6.83. The van der Waals surface area contributed by atoms with Crippen LogP contribution in [0.5, 0.6) is 0 Å². The van der Waals surface area contributed by atoms with E-state index in [-0.39, 0.29) is 44.2 Å². The molecule has 2 bridgehead atoms. The van der Waals surface area contributed by atoms with Crippen molar-refractivity contribution < 1.29 is 29.0 Å². The number of aromatic nitrogens is 3. The third-order valence-corrected chi connectivity index (χ3v) is 9.02. The topological polar surface area (TPSA) is 127 Å². The SMILES string of the molecule is C=CCCCCOC(=O)[C@@H]1[C@H]2C(=O)N([C@@H](CO)CC(C)C)C(C(=O)N(CC=C)Cn3nnc4ccccc43)C23CC[C@H]1O3. The number of hydrogen-bond donors (Lipinski definition) is 1. The van der Waals surface area contributed by atoms with E-state index >= 15 is 0 Å². The monoisotopic (exact) mass is 593 g/mol. The van der Waals surface area contributed by atoms with Gasteiger partial charge < -0.3 is 24.4 Å². The normalized spacial score (nSPS) is 26.6. The predicted molar refractivity (Wildman–Crippen MR) is 159 cm³/mol. The molecule has 5 rings (SSSR count). The summed E-state index contributed by atoms with van der Waals surface area (Å²) in [5.74, 6) is -2.64. The van der Waals surface area contributed by atoms with Gasteiger partial charge in [-0.25, -0.2) is 4.68 Å². The number of nitrogens with zero attached hydrogens (tertiary/aromatic N) is 5. The minimum Gasteiger partial charge on any atom is -0.465 e. The van der Waals surface area contributed by atoms with E-state index in [1.165, 1.54) is 4.90 Å². The number of allylic oxidation sites excluding steroid dienone is 1. The molecule has 1 aromatic heterocycles. The van der Waals surface area contributed by atoms with Crippen LogP contribution in [0.25, 0.3) is 11.0 Å². The van der Waals surface area contributed by atoms with Gasteiger partial charge in [0.1, 0.15) is 23.8 Å². The van der Waals surface area contributed by atoms with Gasteiger partial charge in [-0.3, -0.25) is 14.4 Å². The summed E-state index contributed by atoms with van der Waals surface area (Å²) < 4.78 is 13.9. The Morgan fingerprint density at radius 1 is 1.26 bits per heavy atom. The lowest BCUT2D eigenvalue weighted by Crippen LogP contribution is -2.59. The minimum atomic E-state index is -1.19. The second-order valence-electron chi connectivity index (χ2n) is 12.3. The lowest BCUT2D eigenvalue weighted by molar-refractivity contribution is -0.157. The molecule has 0 saturated carbocycles. The van der Waals surface area contributed by atoms with E-state index in [9.17, 15) is 19.5 Å². The molecule has 6 atom stereocenters. The Labute approximate surface area is 252 Å². The highest BCUT2D eigenvalue weighted by molar-refractivity contribution is 5.98. The Hall–Kier alpha value is -3.57. The number of fused-ring (bicyclic) bond motifs is 2. The van der Waals surface area contributed by atoms with Gasteiger partial charge in [-0.2, -0.15) is 0 Å². The molecule has 1 N–H and O–H groups in total. The standard InChI is InChI=1S/C32H43N5O6/c1-5-7-8-11-17-42-31(41)26-25-14-15-32(43-25)27(26)29(39)37(22(19-38)18-21(3)4)28(32)30(40)35(16-6-2)20-36-24-13-10-9-12-23(24)33-34-36/h5-6,9-10,12-13,21-22,25-28,38H,1-2,7-8,11,14-20H2,3-4H3/t22-,25-,26+,27+,28?,32?/m1/s1. The smallest absolute Gasteiger partial charge is 0.312 e. The van der Waals surface area contributed by atoms with E-state index in [1.54, 1.807) is 15.7 Å². The molecule has 3 aliphatic heterocycles. The van der Waals surface area contributed by atoms with Crippen LogP contribution < -0.4 is 0 Å². The molecule has 3 fully saturated rings. The lowest BCUT2D eigenvalue weighted by Gasteiger charge is -2.39. The van der Waals surface area contributed by atoms with Crippen LogP contribution in [0.15, 0.2) is 49.6 Å². The summed E-state index contributed by atoms with van der Waals surface area (Å²) in [6, 6.07) is 5.84. The van der Waals surface area contributed by atoms with Gasteiger partial charge in [0.2, 0.25) is 11.8 Å². The lowest BCUT2D eigenvalue weighted by atomic mass is 9.70. The number of aliphatic hydroxyl groups excluding tert-OH is 1. The molecule has 2 aromatic rings. The van der Waals surface area contributed by atoms with Gasteiger partial charge in [-0.15, -0.1) is 18.3 Å². The van der Waals surface area contributed by atoms with Crippen molar-refractivity contribution in [2.45, 2.75) is 82.8 Å². The Bertz CT molecular complexity index is 1360. The molecule has 11 heteroatoms. The molecule has 3 saturated heterocycles. The molecule has 1 spiro atoms. The number of amides is 2. The van der Waals surface area contributed by atoms with E-state index in [0.717, 1.165) is 18.4 Å². The van der Waals surface area contributed by atoms with Crippen molar-refractivity contribution in [2.24, 2.45) is 17.8 Å². The van der Waals surface area contributed by atoms with Crippen molar-refractivity contribution in [3.8, 4) is 0 Å². The molecule has 4 heterocycles. The van der Waals surface area contributed by atoms with Gasteiger partial charge in [-0.05, 0) is 56.6 Å². The molecular weight excluding hydrogens is 550 g/mol. The van der Waals surface area contributed by atoms with Crippen LogP contribution in [0.1, 0.15) is 52.4 Å². The number of carbonyl (C=O) groups excluding carboxylic acids is 3. The number of hydrogen-bond acceptors (Lipinski definition) is 8. The van der Waals surface area contributed by atoms with Gasteiger partial charge >= 0.3 is 5.97 Å². The van der Waals surface area contributed by atoms with Crippen molar-refractivity contribution in [1.29, 1.82) is 0 Å². The second-order valence-corrected chi connectivity index (χ2v) is 12.3. The molecular formula is C32H43N5O6. The Balaban J connectivity index is 1.48. The number of aliphatic hydroxyl groups is 1. The zero-order chi connectivity index (χ0) is 30.7. The van der Waals surface area contributed by atoms with Crippen LogP contribution in [-0.2, 0) is 30.5 Å². The number of ether oxygens (including phenoxy) is 2. The average molecular weight is 594 g/mol. The van der Waals surface area contributed by atoms with Crippen LogP contribution in [0.4, 0.5) is 0 Å². The molecule has 2 amide bonds. The summed E-state index contributed by atoms with van der Waals surface area (Å²) in [5, 5.41) is 19.0. The Morgan fingerprint density at radius 2 is 2.05 bits per heavy atom. The van der Waals surface area contributed by atoms with E-state index in [0.29, 0.717) is 31.2 Å². The van der Waals surface area contributed by atoms with Crippen LogP contribution in [0, 0.1) is 17.8 Å². The molecule has 232 valence electrons. The van der Waals surface area contributed by atoms with E-state index in [4.69, 9.17) is 9.47 Å². The quantitative estimate of drug-likeness (QED) is 0.190. The molecule has 1 aromatic carbocycles. The first-order valence-corrected chi connectivity index (χ1v) is 15.3. The maximum Gasteiger partial charge on any atom is 0.312 e. The first-order chi connectivity index (χ1) is 20.8. The van der Waals surface area contributed by atoms with E-state index < -0.39 is 41.6 Å². The molecule has 2 unspecified atom stereocenters. The van der Waals surface area contributed by atoms with E-state index in [2.05, 4.69) is 23.5 Å². The minimum absolute atomic E-state index is 0.0816. The second kappa shape index (κ2) is 13.0. The van der Waals surface area contributed by atoms with Crippen LogP contribution in [-0.4, -0.2) is 91.2 Å². The number of esters is 1. The first kappa shape index (κ1) is 30.9. The van der Waals surface area contributed by atoms with Crippen molar-refractivity contribution in [2.75, 3.05) is 19.8 Å². The van der Waals surface area contributed by atoms with Crippen molar-refractivity contribution in [1.82, 2.24) is 24.8 Å². The Kier molecular flexibility index (Phi) is 9.31. The summed E-state index contributed by atoms with van der Waals surface area (Å²) >= 11 is 0. The molecule has 43 heavy (non-hydrogen) atoms. The highest BCUT2D eigenvalue weighted by atomic mass is 16.6. The van der Waals surface area contributed by atoms with Crippen LogP contribution in [0.2, 0.25) is 0 Å². The summed E-state index contributed by atoms with van der Waals surface area (Å²) in [4.78, 5) is 45.6. The van der Waals surface area contributed by atoms with Crippen LogP contribution in [0.3, 0.4) is 0 Å². The van der Waals surface area contributed by atoms with Crippen molar-refractivity contribution >= 4 is 28.8 Å². The fraction of sp³-hybridized carbons (Fsp3) is 0.594. The molecule has 11 nitrogen and oxygen atoms in total. The molecule has 3 aliphatic rings.